The highest BCUT2D eigenvalue weighted by Crippen LogP contribution is 2.26. The minimum Gasteiger partial charge on any atom is -0.497 e. The molecule has 0 fully saturated rings. The third kappa shape index (κ3) is 3.36. The minimum atomic E-state index is 0.358. The number of methoxy groups -OCH3 is 1. The molecule has 0 amide bonds. The lowest BCUT2D eigenvalue weighted by molar-refractivity contribution is 0.293. The number of ether oxygens (including phenoxy) is 2. The van der Waals surface area contributed by atoms with Crippen LogP contribution in [-0.4, -0.2) is 12.1 Å². The van der Waals surface area contributed by atoms with Gasteiger partial charge in [-0.3, -0.25) is 0 Å². The molecule has 0 saturated carbocycles. The number of aromatic nitrogens is 1. The van der Waals surface area contributed by atoms with Gasteiger partial charge in [-0.2, -0.15) is 0 Å². The Balaban J connectivity index is 2.10. The van der Waals surface area contributed by atoms with Crippen LogP contribution in [0.25, 0.3) is 0 Å². The Kier molecular flexibility index (Phi) is 4.60. The number of pyridine rings is 1. The maximum atomic E-state index is 6.14. The van der Waals surface area contributed by atoms with Gasteiger partial charge in [-0.05, 0) is 29.3 Å². The predicted molar refractivity (Wildman–Crippen MR) is 74.5 cm³/mol. The van der Waals surface area contributed by atoms with Gasteiger partial charge in [0.2, 0.25) is 5.88 Å². The SMILES string of the molecule is COc1cccc(COc2nccc(CN)c2Cl)c1. The van der Waals surface area contributed by atoms with Crippen LogP contribution in [0.1, 0.15) is 11.1 Å². The molecule has 0 aliphatic rings. The van der Waals surface area contributed by atoms with E-state index in [-0.39, 0.29) is 0 Å². The van der Waals surface area contributed by atoms with E-state index in [4.69, 9.17) is 26.8 Å². The normalized spacial score (nSPS) is 10.3. The van der Waals surface area contributed by atoms with Gasteiger partial charge in [0.25, 0.3) is 0 Å². The lowest BCUT2D eigenvalue weighted by Crippen LogP contribution is -2.02. The summed E-state index contributed by atoms with van der Waals surface area (Å²) in [7, 11) is 1.63. The molecular formula is C14H15ClN2O2. The number of nitrogens with two attached hydrogens (primary N) is 1. The van der Waals surface area contributed by atoms with Crippen molar-refractivity contribution in [1.82, 2.24) is 4.98 Å². The summed E-state index contributed by atoms with van der Waals surface area (Å²) < 4.78 is 10.8. The van der Waals surface area contributed by atoms with Crippen LogP contribution in [0.2, 0.25) is 5.02 Å². The highest BCUT2D eigenvalue weighted by molar-refractivity contribution is 6.32. The monoisotopic (exact) mass is 278 g/mol. The van der Waals surface area contributed by atoms with Crippen LogP contribution in [0, 0.1) is 0 Å². The second-order valence-corrected chi connectivity index (χ2v) is 4.31. The van der Waals surface area contributed by atoms with Gasteiger partial charge in [-0.15, -0.1) is 0 Å². The smallest absolute Gasteiger partial charge is 0.233 e. The van der Waals surface area contributed by atoms with Gasteiger partial charge in [0, 0.05) is 12.7 Å². The summed E-state index contributed by atoms with van der Waals surface area (Å²) >= 11 is 6.14. The molecule has 19 heavy (non-hydrogen) atoms. The molecule has 0 atom stereocenters. The summed E-state index contributed by atoms with van der Waals surface area (Å²) in [5, 5.41) is 0.466. The Labute approximate surface area is 117 Å². The number of hydrogen-bond donors (Lipinski definition) is 1. The molecule has 1 heterocycles. The molecule has 0 spiro atoms. The van der Waals surface area contributed by atoms with Crippen LogP contribution in [-0.2, 0) is 13.2 Å². The zero-order valence-electron chi connectivity index (χ0n) is 10.6. The highest BCUT2D eigenvalue weighted by Gasteiger charge is 2.08. The van der Waals surface area contributed by atoms with E-state index in [9.17, 15) is 0 Å². The molecule has 0 radical (unpaired) electrons. The fourth-order valence-corrected chi connectivity index (χ4v) is 1.88. The van der Waals surface area contributed by atoms with Crippen molar-refractivity contribution in [2.24, 2.45) is 5.73 Å². The van der Waals surface area contributed by atoms with Crippen LogP contribution in [0.5, 0.6) is 11.6 Å². The van der Waals surface area contributed by atoms with Gasteiger partial charge in [0.05, 0.1) is 7.11 Å². The topological polar surface area (TPSA) is 57.4 Å². The van der Waals surface area contributed by atoms with Crippen molar-refractivity contribution in [2.45, 2.75) is 13.2 Å². The van der Waals surface area contributed by atoms with Crippen molar-refractivity contribution in [3.05, 3.63) is 52.7 Å². The standard InChI is InChI=1S/C14H15ClN2O2/c1-18-12-4-2-3-10(7-12)9-19-14-13(15)11(8-16)5-6-17-14/h2-7H,8-9,16H2,1H3. The Morgan fingerprint density at radius 2 is 2.16 bits per heavy atom. The summed E-state index contributed by atoms with van der Waals surface area (Å²) in [5.41, 5.74) is 7.38. The molecule has 0 aliphatic carbocycles. The number of benzene rings is 1. The van der Waals surface area contributed by atoms with Crippen LogP contribution < -0.4 is 15.2 Å². The Bertz CT molecular complexity index is 561. The van der Waals surface area contributed by atoms with Gasteiger partial charge in [-0.25, -0.2) is 4.98 Å². The molecule has 4 nitrogen and oxygen atoms in total. The summed E-state index contributed by atoms with van der Waals surface area (Å²) in [6.07, 6.45) is 1.63. The van der Waals surface area contributed by atoms with Crippen LogP contribution in [0.4, 0.5) is 0 Å². The van der Waals surface area contributed by atoms with E-state index in [2.05, 4.69) is 4.98 Å². The zero-order chi connectivity index (χ0) is 13.7. The summed E-state index contributed by atoms with van der Waals surface area (Å²) in [6, 6.07) is 9.41. The molecule has 100 valence electrons. The first-order chi connectivity index (χ1) is 9.24. The predicted octanol–water partition coefficient (Wildman–Crippen LogP) is 2.78. The maximum absolute atomic E-state index is 6.14. The first-order valence-corrected chi connectivity index (χ1v) is 6.21. The van der Waals surface area contributed by atoms with E-state index in [1.54, 1.807) is 19.4 Å². The quantitative estimate of drug-likeness (QED) is 0.914. The Morgan fingerprint density at radius 3 is 2.89 bits per heavy atom. The van der Waals surface area contributed by atoms with Crippen molar-refractivity contribution in [1.29, 1.82) is 0 Å². The van der Waals surface area contributed by atoms with Gasteiger partial charge >= 0.3 is 0 Å². The Hall–Kier alpha value is -1.78. The maximum Gasteiger partial charge on any atom is 0.233 e. The van der Waals surface area contributed by atoms with E-state index in [1.807, 2.05) is 24.3 Å². The molecule has 2 N–H and O–H groups in total. The second kappa shape index (κ2) is 6.41. The molecule has 0 aliphatic heterocycles. The van der Waals surface area contributed by atoms with Gasteiger partial charge in [0.15, 0.2) is 0 Å². The second-order valence-electron chi connectivity index (χ2n) is 3.93. The first kappa shape index (κ1) is 13.6. The van der Waals surface area contributed by atoms with E-state index >= 15 is 0 Å². The van der Waals surface area contributed by atoms with Crippen LogP contribution in [0.15, 0.2) is 36.5 Å². The number of rotatable bonds is 5. The van der Waals surface area contributed by atoms with Crippen LogP contribution >= 0.6 is 11.6 Å². The fourth-order valence-electron chi connectivity index (χ4n) is 1.63. The van der Waals surface area contributed by atoms with Crippen LogP contribution in [0.3, 0.4) is 0 Å². The molecule has 1 aromatic carbocycles. The lowest BCUT2D eigenvalue weighted by atomic mass is 10.2. The first-order valence-electron chi connectivity index (χ1n) is 5.83. The average Bonchev–Trinajstić information content (AvgIpc) is 2.46. The summed E-state index contributed by atoms with van der Waals surface area (Å²) in [4.78, 5) is 4.10. The fraction of sp³-hybridized carbons (Fsp3) is 0.214. The molecule has 5 heteroatoms. The van der Waals surface area contributed by atoms with E-state index in [0.29, 0.717) is 24.1 Å². The number of halogens is 1. The largest absolute Gasteiger partial charge is 0.497 e. The number of hydrogen-bond acceptors (Lipinski definition) is 4. The summed E-state index contributed by atoms with van der Waals surface area (Å²) in [5.74, 6) is 1.18. The van der Waals surface area contributed by atoms with E-state index in [1.165, 1.54) is 0 Å². The molecule has 0 unspecified atom stereocenters. The molecule has 1 aromatic heterocycles. The highest BCUT2D eigenvalue weighted by atomic mass is 35.5. The molecule has 0 saturated heterocycles. The van der Waals surface area contributed by atoms with Crippen molar-refractivity contribution in [2.75, 3.05) is 7.11 Å². The third-order valence-electron chi connectivity index (χ3n) is 2.67. The van der Waals surface area contributed by atoms with Gasteiger partial charge < -0.3 is 15.2 Å². The molecule has 2 aromatic rings. The van der Waals surface area contributed by atoms with Gasteiger partial charge in [0.1, 0.15) is 17.4 Å². The van der Waals surface area contributed by atoms with E-state index in [0.717, 1.165) is 16.9 Å². The summed E-state index contributed by atoms with van der Waals surface area (Å²) in [6.45, 7) is 0.731. The Morgan fingerprint density at radius 1 is 1.32 bits per heavy atom. The zero-order valence-corrected chi connectivity index (χ0v) is 11.4. The molecule has 2 rings (SSSR count). The molecular weight excluding hydrogens is 264 g/mol. The average molecular weight is 279 g/mol. The van der Waals surface area contributed by atoms with E-state index < -0.39 is 0 Å². The van der Waals surface area contributed by atoms with Crippen molar-refractivity contribution < 1.29 is 9.47 Å². The minimum absolute atomic E-state index is 0.358. The van der Waals surface area contributed by atoms with Gasteiger partial charge in [-0.1, -0.05) is 23.7 Å². The lowest BCUT2D eigenvalue weighted by Gasteiger charge is -2.09. The molecule has 0 bridgehead atoms. The third-order valence-corrected chi connectivity index (χ3v) is 3.07. The van der Waals surface area contributed by atoms with Crippen molar-refractivity contribution in [3.63, 3.8) is 0 Å². The number of nitrogens with zero attached hydrogens (tertiary/aromatic N) is 1. The van der Waals surface area contributed by atoms with Crippen molar-refractivity contribution >= 4 is 11.6 Å². The van der Waals surface area contributed by atoms with Crippen molar-refractivity contribution in [3.8, 4) is 11.6 Å².